The molecule has 0 aliphatic carbocycles. The first kappa shape index (κ1) is 23.6. The summed E-state index contributed by atoms with van der Waals surface area (Å²) >= 11 is 19.0. The van der Waals surface area contributed by atoms with Gasteiger partial charge in [0.05, 0.1) is 32.5 Å². The van der Waals surface area contributed by atoms with Crippen LogP contribution in [0.25, 0.3) is 22.6 Å². The number of aromatic nitrogens is 1. The van der Waals surface area contributed by atoms with Gasteiger partial charge in [-0.1, -0.05) is 77.3 Å². The lowest BCUT2D eigenvalue weighted by Gasteiger charge is -2.20. The Bertz CT molecular complexity index is 1730. The quantitative estimate of drug-likeness (QED) is 0.214. The fourth-order valence-electron chi connectivity index (χ4n) is 4.68. The van der Waals surface area contributed by atoms with Gasteiger partial charge in [0.1, 0.15) is 0 Å². The van der Waals surface area contributed by atoms with Gasteiger partial charge in [-0.3, -0.25) is 19.1 Å². The summed E-state index contributed by atoms with van der Waals surface area (Å²) in [5.41, 5.74) is 4.34. The monoisotopic (exact) mass is 542 g/mol. The van der Waals surface area contributed by atoms with E-state index < -0.39 is 0 Å². The first-order valence-electron chi connectivity index (χ1n) is 11.4. The Morgan fingerprint density at radius 2 is 1.43 bits per heavy atom. The molecule has 2 heterocycles. The zero-order valence-electron chi connectivity index (χ0n) is 19.2. The van der Waals surface area contributed by atoms with Gasteiger partial charge in [0, 0.05) is 33.3 Å². The van der Waals surface area contributed by atoms with E-state index in [1.54, 1.807) is 58.1 Å². The summed E-state index contributed by atoms with van der Waals surface area (Å²) in [6, 6.07) is 27.0. The van der Waals surface area contributed by atoms with Crippen LogP contribution in [0.2, 0.25) is 15.1 Å². The molecule has 4 nitrogen and oxygen atoms in total. The second kappa shape index (κ2) is 9.24. The van der Waals surface area contributed by atoms with E-state index in [0.717, 1.165) is 22.0 Å². The fraction of sp³-hybridized carbons (Fsp3) is 0. The van der Waals surface area contributed by atoms with Crippen LogP contribution in [-0.2, 0) is 4.79 Å². The van der Waals surface area contributed by atoms with Gasteiger partial charge in [-0.2, -0.15) is 0 Å². The van der Waals surface area contributed by atoms with E-state index in [-0.39, 0.29) is 11.8 Å². The maximum absolute atomic E-state index is 13.9. The summed E-state index contributed by atoms with van der Waals surface area (Å²) in [6.07, 6.45) is 3.58. The Labute approximate surface area is 227 Å². The number of benzene rings is 4. The number of fused-ring (bicyclic) bond motifs is 2. The molecule has 4 aromatic carbocycles. The van der Waals surface area contributed by atoms with Crippen molar-refractivity contribution in [2.75, 3.05) is 4.90 Å². The van der Waals surface area contributed by atoms with Crippen molar-refractivity contribution in [3.63, 3.8) is 0 Å². The van der Waals surface area contributed by atoms with Crippen LogP contribution < -0.4 is 4.90 Å². The van der Waals surface area contributed by atoms with Crippen LogP contribution in [0.1, 0.15) is 21.5 Å². The van der Waals surface area contributed by atoms with Crippen molar-refractivity contribution < 1.29 is 9.59 Å². The molecule has 0 bridgehead atoms. The first-order chi connectivity index (χ1) is 17.9. The van der Waals surface area contributed by atoms with E-state index in [2.05, 4.69) is 0 Å². The number of anilines is 2. The van der Waals surface area contributed by atoms with Gasteiger partial charge < -0.3 is 0 Å². The average Bonchev–Trinajstić information content (AvgIpc) is 3.40. The molecule has 0 N–H and O–H groups in total. The van der Waals surface area contributed by atoms with Crippen LogP contribution in [0.3, 0.4) is 0 Å². The summed E-state index contributed by atoms with van der Waals surface area (Å²) < 4.78 is 1.60. The van der Waals surface area contributed by atoms with E-state index in [1.165, 1.54) is 0 Å². The molecule has 0 radical (unpaired) electrons. The van der Waals surface area contributed by atoms with Crippen molar-refractivity contribution in [1.82, 2.24) is 4.57 Å². The number of carbonyl (C=O) groups excluding carboxylic acids is 2. The number of halogens is 3. The maximum Gasteiger partial charge on any atom is 0.263 e. The zero-order chi connectivity index (χ0) is 25.7. The molecule has 0 atom stereocenters. The molecule has 180 valence electrons. The average molecular weight is 544 g/mol. The molecule has 1 amide bonds. The Morgan fingerprint density at radius 3 is 2.19 bits per heavy atom. The summed E-state index contributed by atoms with van der Waals surface area (Å²) in [5, 5.41) is 2.15. The van der Waals surface area contributed by atoms with E-state index in [1.807, 2.05) is 54.6 Å². The minimum Gasteiger partial charge on any atom is -0.283 e. The van der Waals surface area contributed by atoms with Gasteiger partial charge in [0.25, 0.3) is 11.8 Å². The Kier molecular flexibility index (Phi) is 5.88. The maximum atomic E-state index is 13.9. The standard InChI is InChI=1S/C30H17Cl3N2O2/c31-20-14-12-18(13-15-20)29(36)34-17-19(21-6-1-3-10-26(21)34)16-23-22-7-2-4-11-27(22)35(30(23)37)28-24(32)8-5-9-25(28)33/h1-17H/b23-16-. The van der Waals surface area contributed by atoms with E-state index in [4.69, 9.17) is 34.8 Å². The molecule has 0 spiro atoms. The minimum absolute atomic E-state index is 0.194. The van der Waals surface area contributed by atoms with Crippen LogP contribution in [0, 0.1) is 0 Å². The second-order valence-electron chi connectivity index (χ2n) is 8.57. The lowest BCUT2D eigenvalue weighted by molar-refractivity contribution is -0.112. The fourth-order valence-corrected chi connectivity index (χ4v) is 5.37. The molecule has 0 unspecified atom stereocenters. The number of para-hydroxylation sites is 3. The molecule has 0 saturated heterocycles. The van der Waals surface area contributed by atoms with Crippen LogP contribution in [0.15, 0.2) is 97.2 Å². The first-order valence-corrected chi connectivity index (χ1v) is 12.6. The highest BCUT2D eigenvalue weighted by molar-refractivity contribution is 6.45. The van der Waals surface area contributed by atoms with Crippen molar-refractivity contribution in [3.8, 4) is 0 Å². The highest BCUT2D eigenvalue weighted by Crippen LogP contribution is 2.47. The Morgan fingerprint density at radius 1 is 0.757 bits per heavy atom. The smallest absolute Gasteiger partial charge is 0.263 e. The number of hydrogen-bond acceptors (Lipinski definition) is 2. The van der Waals surface area contributed by atoms with Crippen LogP contribution in [0.4, 0.5) is 11.4 Å². The predicted molar refractivity (Wildman–Crippen MR) is 151 cm³/mol. The molecule has 0 saturated carbocycles. The molecule has 6 rings (SSSR count). The summed E-state index contributed by atoms with van der Waals surface area (Å²) in [6.45, 7) is 0. The predicted octanol–water partition coefficient (Wildman–Crippen LogP) is 8.51. The Hall–Kier alpha value is -3.83. The number of hydrogen-bond donors (Lipinski definition) is 0. The molecule has 37 heavy (non-hydrogen) atoms. The van der Waals surface area contributed by atoms with Gasteiger partial charge >= 0.3 is 0 Å². The third kappa shape index (κ3) is 3.94. The van der Waals surface area contributed by atoms with Crippen molar-refractivity contribution >= 4 is 80.5 Å². The molecule has 7 heteroatoms. The highest BCUT2D eigenvalue weighted by atomic mass is 35.5. The molecule has 0 fully saturated rings. The highest BCUT2D eigenvalue weighted by Gasteiger charge is 2.35. The number of amides is 1. The summed E-state index contributed by atoms with van der Waals surface area (Å²) in [7, 11) is 0. The third-order valence-electron chi connectivity index (χ3n) is 6.38. The zero-order valence-corrected chi connectivity index (χ0v) is 21.4. The lowest BCUT2D eigenvalue weighted by Crippen LogP contribution is -2.21. The molecule has 1 aliphatic rings. The Balaban J connectivity index is 1.51. The van der Waals surface area contributed by atoms with Crippen LogP contribution in [-0.4, -0.2) is 16.4 Å². The molecular weight excluding hydrogens is 527 g/mol. The van der Waals surface area contributed by atoms with E-state index in [0.29, 0.717) is 37.6 Å². The largest absolute Gasteiger partial charge is 0.283 e. The molecular formula is C30H17Cl3N2O2. The van der Waals surface area contributed by atoms with Crippen LogP contribution >= 0.6 is 34.8 Å². The number of nitrogens with zero attached hydrogens (tertiary/aromatic N) is 2. The molecule has 1 aliphatic heterocycles. The lowest BCUT2D eigenvalue weighted by atomic mass is 10.0. The second-order valence-corrected chi connectivity index (χ2v) is 9.82. The van der Waals surface area contributed by atoms with Crippen molar-refractivity contribution in [1.29, 1.82) is 0 Å². The van der Waals surface area contributed by atoms with E-state index in [9.17, 15) is 9.59 Å². The summed E-state index contributed by atoms with van der Waals surface area (Å²) in [5.74, 6) is -0.447. The van der Waals surface area contributed by atoms with Crippen LogP contribution in [0.5, 0.6) is 0 Å². The minimum atomic E-state index is -0.253. The van der Waals surface area contributed by atoms with Crippen molar-refractivity contribution in [2.45, 2.75) is 0 Å². The molecule has 5 aromatic rings. The van der Waals surface area contributed by atoms with Crippen molar-refractivity contribution in [3.05, 3.63) is 129 Å². The van der Waals surface area contributed by atoms with Crippen molar-refractivity contribution in [2.24, 2.45) is 0 Å². The van der Waals surface area contributed by atoms with Gasteiger partial charge in [0.2, 0.25) is 0 Å². The van der Waals surface area contributed by atoms with Gasteiger partial charge in [-0.15, -0.1) is 0 Å². The molecule has 1 aromatic heterocycles. The normalized spacial score (nSPS) is 14.0. The third-order valence-corrected chi connectivity index (χ3v) is 7.24. The van der Waals surface area contributed by atoms with Gasteiger partial charge in [0.15, 0.2) is 0 Å². The summed E-state index contributed by atoms with van der Waals surface area (Å²) in [4.78, 5) is 28.8. The number of carbonyl (C=O) groups is 2. The number of rotatable bonds is 3. The van der Waals surface area contributed by atoms with Gasteiger partial charge in [-0.05, 0) is 54.6 Å². The van der Waals surface area contributed by atoms with E-state index >= 15 is 0 Å². The van der Waals surface area contributed by atoms with Gasteiger partial charge in [-0.25, -0.2) is 0 Å². The SMILES string of the molecule is O=C1/C(=C\c2cn(C(=O)c3ccc(Cl)cc3)c3ccccc23)c2ccccc2N1c1c(Cl)cccc1Cl. The topological polar surface area (TPSA) is 42.3 Å².